The number of rotatable bonds is 13. The van der Waals surface area contributed by atoms with E-state index in [0.717, 1.165) is 16.0 Å². The summed E-state index contributed by atoms with van der Waals surface area (Å²) in [5.74, 6) is -1.01. The van der Waals surface area contributed by atoms with Crippen molar-refractivity contribution < 1.29 is 23.9 Å². The molecule has 1 heterocycles. The summed E-state index contributed by atoms with van der Waals surface area (Å²) < 4.78 is 5.85. The molecule has 9 nitrogen and oxygen atoms in total. The summed E-state index contributed by atoms with van der Waals surface area (Å²) in [5, 5.41) is 21.4. The molecule has 0 bridgehead atoms. The molecule has 0 spiro atoms. The Morgan fingerprint density at radius 2 is 1.62 bits per heavy atom. The van der Waals surface area contributed by atoms with Crippen LogP contribution < -0.4 is 5.32 Å². The van der Waals surface area contributed by atoms with Crippen LogP contribution in [0.2, 0.25) is 0 Å². The van der Waals surface area contributed by atoms with Crippen LogP contribution in [0.15, 0.2) is 65.1 Å². The first-order valence-electron chi connectivity index (χ1n) is 13.4. The molecule has 2 aromatic carbocycles. The van der Waals surface area contributed by atoms with E-state index in [0.29, 0.717) is 25.2 Å². The highest BCUT2D eigenvalue weighted by Crippen LogP contribution is 2.34. The summed E-state index contributed by atoms with van der Waals surface area (Å²) in [6, 6.07) is 16.3. The fourth-order valence-electron chi connectivity index (χ4n) is 5.01. The Labute approximate surface area is 229 Å². The molecule has 0 aliphatic heterocycles. The van der Waals surface area contributed by atoms with E-state index in [-0.39, 0.29) is 12.3 Å². The van der Waals surface area contributed by atoms with Gasteiger partial charge in [-0.05, 0) is 42.9 Å². The highest BCUT2D eigenvalue weighted by molar-refractivity contribution is 6.38. The molecule has 0 aliphatic carbocycles. The summed E-state index contributed by atoms with van der Waals surface area (Å²) in [6.45, 7) is 9.25. The molecule has 1 aromatic heterocycles. The molecule has 2 amide bonds. The molecule has 2 N–H and O–H groups in total. The van der Waals surface area contributed by atoms with Gasteiger partial charge in [0, 0.05) is 18.0 Å². The SMILES string of the molecule is CCCC(C)(C)[C@@H](C(=O)C(=O)N[C@H](C)c1ccccc1)N(C(=O)O)[C@H](CC)Cc1nnc(-c2ccccc2)o1. The van der Waals surface area contributed by atoms with Crippen molar-refractivity contribution in [1.82, 2.24) is 20.4 Å². The van der Waals surface area contributed by atoms with Gasteiger partial charge in [-0.1, -0.05) is 82.6 Å². The van der Waals surface area contributed by atoms with Crippen LogP contribution in [0.5, 0.6) is 0 Å². The number of nitrogens with one attached hydrogen (secondary N) is 1. The van der Waals surface area contributed by atoms with Gasteiger partial charge in [-0.2, -0.15) is 0 Å². The van der Waals surface area contributed by atoms with Gasteiger partial charge in [0.2, 0.25) is 17.6 Å². The van der Waals surface area contributed by atoms with Crippen molar-refractivity contribution in [1.29, 1.82) is 0 Å². The fraction of sp³-hybridized carbons (Fsp3) is 0.433. The summed E-state index contributed by atoms with van der Waals surface area (Å²) in [4.78, 5) is 40.9. The summed E-state index contributed by atoms with van der Waals surface area (Å²) in [7, 11) is 0. The molecule has 0 radical (unpaired) electrons. The Morgan fingerprint density at radius 3 is 2.18 bits per heavy atom. The normalized spacial score (nSPS) is 13.8. The van der Waals surface area contributed by atoms with Gasteiger partial charge in [0.1, 0.15) is 6.04 Å². The number of hydrogen-bond donors (Lipinski definition) is 2. The van der Waals surface area contributed by atoms with Gasteiger partial charge in [0.05, 0.1) is 6.04 Å². The van der Waals surface area contributed by atoms with Gasteiger partial charge in [0.15, 0.2) is 0 Å². The lowest BCUT2D eigenvalue weighted by Gasteiger charge is -2.42. The second-order valence-electron chi connectivity index (χ2n) is 10.4. The topological polar surface area (TPSA) is 126 Å². The molecule has 0 saturated carbocycles. The Balaban J connectivity index is 1.91. The lowest BCUT2D eigenvalue weighted by molar-refractivity contribution is -0.144. The summed E-state index contributed by atoms with van der Waals surface area (Å²) in [5.41, 5.74) is 0.783. The molecular weight excluding hydrogens is 496 g/mol. The lowest BCUT2D eigenvalue weighted by atomic mass is 9.76. The zero-order valence-electron chi connectivity index (χ0n) is 23.3. The first-order chi connectivity index (χ1) is 18.6. The number of carboxylic acid groups (broad SMARTS) is 1. The number of carbonyl (C=O) groups excluding carboxylic acids is 2. The number of nitrogens with zero attached hydrogens (tertiary/aromatic N) is 3. The largest absolute Gasteiger partial charge is 0.465 e. The molecule has 0 aliphatic rings. The maximum absolute atomic E-state index is 13.8. The average Bonchev–Trinajstić information content (AvgIpc) is 3.39. The van der Waals surface area contributed by atoms with Crippen LogP contribution in [-0.4, -0.2) is 50.1 Å². The maximum atomic E-state index is 13.8. The molecule has 9 heteroatoms. The van der Waals surface area contributed by atoms with Gasteiger partial charge < -0.3 is 14.8 Å². The van der Waals surface area contributed by atoms with Crippen molar-refractivity contribution in [3.8, 4) is 11.5 Å². The molecule has 0 unspecified atom stereocenters. The maximum Gasteiger partial charge on any atom is 0.408 e. The molecule has 0 saturated heterocycles. The number of ketones is 1. The Kier molecular flexibility index (Phi) is 9.98. The third kappa shape index (κ3) is 7.31. The smallest absolute Gasteiger partial charge is 0.408 e. The number of benzene rings is 2. The van der Waals surface area contributed by atoms with Crippen LogP contribution in [0.3, 0.4) is 0 Å². The first-order valence-corrected chi connectivity index (χ1v) is 13.4. The van der Waals surface area contributed by atoms with E-state index in [1.54, 1.807) is 6.92 Å². The summed E-state index contributed by atoms with van der Waals surface area (Å²) >= 11 is 0. The minimum Gasteiger partial charge on any atom is -0.465 e. The first kappa shape index (κ1) is 29.5. The van der Waals surface area contributed by atoms with Crippen LogP contribution in [0.25, 0.3) is 11.5 Å². The van der Waals surface area contributed by atoms with Crippen LogP contribution in [0.4, 0.5) is 4.79 Å². The van der Waals surface area contributed by atoms with E-state index in [1.807, 2.05) is 88.4 Å². The van der Waals surface area contributed by atoms with Crippen LogP contribution >= 0.6 is 0 Å². The number of aromatic nitrogens is 2. The standard InChI is InChI=1S/C30H38N4O5/c1-6-18-30(4,5)26(25(35)27(36)31-20(3)21-14-10-8-11-15-21)34(29(37)38)23(7-2)19-24-32-33-28(39-24)22-16-12-9-13-17-22/h8-17,20,23,26H,6-7,18-19H2,1-5H3,(H,31,36)(H,37,38)/t20-,23-,26-/m1/s1. The van der Waals surface area contributed by atoms with Crippen LogP contribution in [-0.2, 0) is 16.0 Å². The molecule has 3 rings (SSSR count). The van der Waals surface area contributed by atoms with E-state index in [1.165, 1.54) is 0 Å². The number of carbonyl (C=O) groups is 3. The predicted molar refractivity (Wildman–Crippen MR) is 148 cm³/mol. The fourth-order valence-corrected chi connectivity index (χ4v) is 5.01. The zero-order chi connectivity index (χ0) is 28.6. The Morgan fingerprint density at radius 1 is 1.00 bits per heavy atom. The monoisotopic (exact) mass is 534 g/mol. The molecule has 0 fully saturated rings. The van der Waals surface area contributed by atoms with Gasteiger partial charge in [-0.15, -0.1) is 10.2 Å². The second kappa shape index (κ2) is 13.2. The third-order valence-corrected chi connectivity index (χ3v) is 7.02. The predicted octanol–water partition coefficient (Wildman–Crippen LogP) is 5.68. The van der Waals surface area contributed by atoms with E-state index in [2.05, 4.69) is 15.5 Å². The average molecular weight is 535 g/mol. The van der Waals surface area contributed by atoms with Crippen molar-refractivity contribution in [3.05, 3.63) is 72.1 Å². The van der Waals surface area contributed by atoms with Crippen LogP contribution in [0.1, 0.15) is 71.4 Å². The van der Waals surface area contributed by atoms with Gasteiger partial charge in [0.25, 0.3) is 5.91 Å². The number of hydrogen-bond acceptors (Lipinski definition) is 6. The van der Waals surface area contributed by atoms with Gasteiger partial charge in [-0.25, -0.2) is 4.79 Å². The van der Waals surface area contributed by atoms with E-state index in [4.69, 9.17) is 4.42 Å². The van der Waals surface area contributed by atoms with Crippen LogP contribution in [0, 0.1) is 5.41 Å². The van der Waals surface area contributed by atoms with Crippen molar-refractivity contribution >= 4 is 17.8 Å². The minimum absolute atomic E-state index is 0.108. The molecular formula is C30H38N4O5. The zero-order valence-corrected chi connectivity index (χ0v) is 23.3. The van der Waals surface area contributed by atoms with Crippen molar-refractivity contribution in [2.45, 2.75) is 78.4 Å². The van der Waals surface area contributed by atoms with Crippen molar-refractivity contribution in [2.24, 2.45) is 5.41 Å². The van der Waals surface area contributed by atoms with Gasteiger partial charge in [-0.3, -0.25) is 14.5 Å². The highest BCUT2D eigenvalue weighted by atomic mass is 16.4. The van der Waals surface area contributed by atoms with Gasteiger partial charge >= 0.3 is 6.09 Å². The van der Waals surface area contributed by atoms with E-state index in [9.17, 15) is 19.5 Å². The van der Waals surface area contributed by atoms with Crippen molar-refractivity contribution in [2.75, 3.05) is 0 Å². The number of Topliss-reactive ketones (excluding diaryl/α,β-unsaturated/α-hetero) is 1. The Hall–Kier alpha value is -4.01. The minimum atomic E-state index is -1.28. The van der Waals surface area contributed by atoms with E-state index >= 15 is 0 Å². The Bertz CT molecular complexity index is 1240. The van der Waals surface area contributed by atoms with E-state index < -0.39 is 41.3 Å². The van der Waals surface area contributed by atoms with Crippen molar-refractivity contribution in [3.63, 3.8) is 0 Å². The lowest BCUT2D eigenvalue weighted by Crippen LogP contribution is -2.60. The summed E-state index contributed by atoms with van der Waals surface area (Å²) in [6.07, 6.45) is 0.466. The molecule has 3 atom stereocenters. The molecule has 3 aromatic rings. The third-order valence-electron chi connectivity index (χ3n) is 7.02. The highest BCUT2D eigenvalue weighted by Gasteiger charge is 2.46. The second-order valence-corrected chi connectivity index (χ2v) is 10.4. The number of amides is 2. The molecule has 208 valence electrons. The molecule has 39 heavy (non-hydrogen) atoms. The quantitative estimate of drug-likeness (QED) is 0.270.